The van der Waals surface area contributed by atoms with E-state index in [0.717, 1.165) is 11.9 Å². The van der Waals surface area contributed by atoms with Gasteiger partial charge in [-0.3, -0.25) is 4.79 Å². The van der Waals surface area contributed by atoms with Crippen LogP contribution in [0, 0.1) is 5.41 Å². The Balaban J connectivity index is 1.83. The molecular weight excluding hydrogens is 236 g/mol. The number of aromatic amines is 1. The van der Waals surface area contributed by atoms with Gasteiger partial charge < -0.3 is 10.3 Å². The van der Waals surface area contributed by atoms with Crippen LogP contribution in [0.4, 0.5) is 0 Å². The lowest BCUT2D eigenvalue weighted by molar-refractivity contribution is -0.122. The molecule has 1 heterocycles. The van der Waals surface area contributed by atoms with Crippen molar-refractivity contribution in [1.29, 1.82) is 0 Å². The molecule has 0 saturated heterocycles. The Morgan fingerprint density at radius 1 is 1.26 bits per heavy atom. The fraction of sp³-hybridized carbons (Fsp3) is 0.438. The second-order valence-corrected chi connectivity index (χ2v) is 6.24. The van der Waals surface area contributed by atoms with Crippen molar-refractivity contribution >= 4 is 16.8 Å². The topological polar surface area (TPSA) is 44.9 Å². The van der Waals surface area contributed by atoms with E-state index in [-0.39, 0.29) is 11.3 Å². The van der Waals surface area contributed by atoms with Gasteiger partial charge in [-0.15, -0.1) is 0 Å². The number of H-pyrrole nitrogens is 1. The third-order valence-electron chi connectivity index (χ3n) is 3.05. The van der Waals surface area contributed by atoms with Crippen molar-refractivity contribution < 1.29 is 4.79 Å². The Labute approximate surface area is 114 Å². The highest BCUT2D eigenvalue weighted by Gasteiger charge is 2.15. The summed E-state index contributed by atoms with van der Waals surface area (Å²) in [4.78, 5) is 14.9. The molecule has 1 aromatic heterocycles. The molecule has 0 aliphatic carbocycles. The van der Waals surface area contributed by atoms with E-state index in [1.807, 2.05) is 6.20 Å². The maximum absolute atomic E-state index is 11.7. The number of nitrogens with one attached hydrogen (secondary N) is 2. The minimum atomic E-state index is 0.0489. The number of hydrogen-bond donors (Lipinski definition) is 2. The van der Waals surface area contributed by atoms with Crippen LogP contribution in [0.25, 0.3) is 10.9 Å². The zero-order valence-corrected chi connectivity index (χ0v) is 11.9. The highest BCUT2D eigenvalue weighted by Crippen LogP contribution is 2.18. The maximum atomic E-state index is 11.7. The van der Waals surface area contributed by atoms with Crippen LogP contribution >= 0.6 is 0 Å². The molecule has 0 atom stereocenters. The van der Waals surface area contributed by atoms with E-state index in [4.69, 9.17) is 0 Å². The van der Waals surface area contributed by atoms with Gasteiger partial charge in [-0.2, -0.15) is 0 Å². The highest BCUT2D eigenvalue weighted by atomic mass is 16.1. The SMILES string of the molecule is CC(C)(C)CC(=O)NCCc1ccc2cc[nH]c2c1. The molecule has 0 aliphatic heterocycles. The number of carbonyl (C=O) groups excluding carboxylic acids is 1. The first kappa shape index (κ1) is 13.7. The fourth-order valence-electron chi connectivity index (χ4n) is 2.14. The molecule has 0 spiro atoms. The van der Waals surface area contributed by atoms with Crippen LogP contribution in [0.3, 0.4) is 0 Å². The summed E-state index contributed by atoms with van der Waals surface area (Å²) in [5, 5.41) is 4.20. The van der Waals surface area contributed by atoms with Crippen molar-refractivity contribution in [3.05, 3.63) is 36.0 Å². The van der Waals surface area contributed by atoms with Crippen molar-refractivity contribution in [1.82, 2.24) is 10.3 Å². The van der Waals surface area contributed by atoms with Gasteiger partial charge in [0.1, 0.15) is 0 Å². The smallest absolute Gasteiger partial charge is 0.220 e. The molecule has 2 rings (SSSR count). The van der Waals surface area contributed by atoms with Crippen LogP contribution in [0.2, 0.25) is 0 Å². The number of hydrogen-bond acceptors (Lipinski definition) is 1. The minimum absolute atomic E-state index is 0.0489. The first-order chi connectivity index (χ1) is 8.94. The number of amides is 1. The van der Waals surface area contributed by atoms with Crippen LogP contribution in [-0.2, 0) is 11.2 Å². The van der Waals surface area contributed by atoms with Gasteiger partial charge in [0.15, 0.2) is 0 Å². The largest absolute Gasteiger partial charge is 0.361 e. The van der Waals surface area contributed by atoms with Crippen LogP contribution in [0.1, 0.15) is 32.8 Å². The summed E-state index contributed by atoms with van der Waals surface area (Å²) < 4.78 is 0. The molecule has 0 bridgehead atoms. The van der Waals surface area contributed by atoms with Gasteiger partial charge >= 0.3 is 0 Å². The Kier molecular flexibility index (Phi) is 3.93. The molecule has 3 nitrogen and oxygen atoms in total. The molecule has 0 fully saturated rings. The van der Waals surface area contributed by atoms with Crippen molar-refractivity contribution in [3.8, 4) is 0 Å². The summed E-state index contributed by atoms with van der Waals surface area (Å²) in [6.45, 7) is 6.92. The summed E-state index contributed by atoms with van der Waals surface area (Å²) in [6.07, 6.45) is 3.38. The first-order valence-electron chi connectivity index (χ1n) is 6.77. The zero-order valence-electron chi connectivity index (χ0n) is 11.9. The molecule has 2 N–H and O–H groups in total. The second kappa shape index (κ2) is 5.47. The molecule has 0 aliphatic rings. The first-order valence-corrected chi connectivity index (χ1v) is 6.77. The van der Waals surface area contributed by atoms with Gasteiger partial charge in [-0.1, -0.05) is 32.9 Å². The van der Waals surface area contributed by atoms with Crippen molar-refractivity contribution in [2.24, 2.45) is 5.41 Å². The summed E-state index contributed by atoms with van der Waals surface area (Å²) in [5.41, 5.74) is 2.44. The van der Waals surface area contributed by atoms with Gasteiger partial charge in [-0.25, -0.2) is 0 Å². The summed E-state index contributed by atoms with van der Waals surface area (Å²) >= 11 is 0. The third-order valence-corrected chi connectivity index (χ3v) is 3.05. The summed E-state index contributed by atoms with van der Waals surface area (Å²) in [6, 6.07) is 8.43. The van der Waals surface area contributed by atoms with Crippen molar-refractivity contribution in [2.75, 3.05) is 6.54 Å². The standard InChI is InChI=1S/C16H22N2O/c1-16(2,3)11-15(19)18-8-6-12-4-5-13-7-9-17-14(13)10-12/h4-5,7,9-10,17H,6,8,11H2,1-3H3,(H,18,19). The van der Waals surface area contributed by atoms with Crippen LogP contribution in [-0.4, -0.2) is 17.4 Å². The van der Waals surface area contributed by atoms with E-state index in [1.165, 1.54) is 10.9 Å². The van der Waals surface area contributed by atoms with Gasteiger partial charge in [-0.05, 0) is 34.9 Å². The summed E-state index contributed by atoms with van der Waals surface area (Å²) in [7, 11) is 0. The van der Waals surface area contributed by atoms with Crippen LogP contribution < -0.4 is 5.32 Å². The predicted molar refractivity (Wildman–Crippen MR) is 79.1 cm³/mol. The molecule has 19 heavy (non-hydrogen) atoms. The van der Waals surface area contributed by atoms with Crippen LogP contribution in [0.5, 0.6) is 0 Å². The molecule has 0 saturated carbocycles. The molecular formula is C16H22N2O. The minimum Gasteiger partial charge on any atom is -0.361 e. The van der Waals surface area contributed by atoms with Crippen LogP contribution in [0.15, 0.2) is 30.5 Å². The lowest BCUT2D eigenvalue weighted by Crippen LogP contribution is -2.29. The number of rotatable bonds is 4. The molecule has 102 valence electrons. The summed E-state index contributed by atoms with van der Waals surface area (Å²) in [5.74, 6) is 0.133. The Morgan fingerprint density at radius 3 is 2.79 bits per heavy atom. The Bertz CT molecular complexity index is 563. The maximum Gasteiger partial charge on any atom is 0.220 e. The number of fused-ring (bicyclic) bond motifs is 1. The average Bonchev–Trinajstić information content (AvgIpc) is 2.73. The lowest BCUT2D eigenvalue weighted by Gasteiger charge is -2.17. The normalized spacial score (nSPS) is 11.7. The molecule has 1 amide bonds. The van der Waals surface area contributed by atoms with Gasteiger partial charge in [0.2, 0.25) is 5.91 Å². The molecule has 3 heteroatoms. The zero-order chi connectivity index (χ0) is 13.9. The second-order valence-electron chi connectivity index (χ2n) is 6.24. The van der Waals surface area contributed by atoms with E-state index in [2.05, 4.69) is 55.3 Å². The quantitative estimate of drug-likeness (QED) is 0.868. The van der Waals surface area contributed by atoms with E-state index in [9.17, 15) is 4.79 Å². The number of carbonyl (C=O) groups is 1. The lowest BCUT2D eigenvalue weighted by atomic mass is 9.92. The van der Waals surface area contributed by atoms with Gasteiger partial charge in [0, 0.05) is 24.7 Å². The molecule has 1 aromatic carbocycles. The van der Waals surface area contributed by atoms with Crippen molar-refractivity contribution in [2.45, 2.75) is 33.6 Å². The molecule has 0 unspecified atom stereocenters. The van der Waals surface area contributed by atoms with E-state index < -0.39 is 0 Å². The van der Waals surface area contributed by atoms with E-state index in [0.29, 0.717) is 13.0 Å². The Hall–Kier alpha value is -1.77. The predicted octanol–water partition coefficient (Wildman–Crippen LogP) is 3.26. The fourth-order valence-corrected chi connectivity index (χ4v) is 2.14. The number of aromatic nitrogens is 1. The van der Waals surface area contributed by atoms with E-state index >= 15 is 0 Å². The number of benzene rings is 1. The van der Waals surface area contributed by atoms with Gasteiger partial charge in [0.25, 0.3) is 0 Å². The average molecular weight is 258 g/mol. The van der Waals surface area contributed by atoms with E-state index in [1.54, 1.807) is 0 Å². The van der Waals surface area contributed by atoms with Crippen molar-refractivity contribution in [3.63, 3.8) is 0 Å². The molecule has 2 aromatic rings. The highest BCUT2D eigenvalue weighted by molar-refractivity contribution is 5.80. The third kappa shape index (κ3) is 4.12. The molecule has 0 radical (unpaired) electrons. The monoisotopic (exact) mass is 258 g/mol. The Morgan fingerprint density at radius 2 is 2.05 bits per heavy atom. The van der Waals surface area contributed by atoms with Gasteiger partial charge in [0.05, 0.1) is 0 Å².